The Morgan fingerprint density at radius 3 is 2.49 bits per heavy atom. The van der Waals surface area contributed by atoms with Crippen molar-refractivity contribution < 1.29 is 14.6 Å². The molecule has 4 aromatic carbocycles. The maximum atomic E-state index is 10.5. The highest BCUT2D eigenvalue weighted by atomic mass is 32.1. The maximum absolute atomic E-state index is 10.5. The van der Waals surface area contributed by atoms with Crippen LogP contribution in [0.5, 0.6) is 17.2 Å². The van der Waals surface area contributed by atoms with E-state index in [2.05, 4.69) is 23.5 Å². The van der Waals surface area contributed by atoms with Gasteiger partial charge >= 0.3 is 0 Å². The van der Waals surface area contributed by atoms with Gasteiger partial charge in [-0.1, -0.05) is 48.5 Å². The third kappa shape index (κ3) is 4.38. The summed E-state index contributed by atoms with van der Waals surface area (Å²) in [6, 6.07) is 26.9. The first-order valence-electron chi connectivity index (χ1n) is 11.2. The van der Waals surface area contributed by atoms with Gasteiger partial charge in [-0.05, 0) is 53.5 Å². The van der Waals surface area contributed by atoms with Crippen molar-refractivity contribution in [3.8, 4) is 17.2 Å². The van der Waals surface area contributed by atoms with E-state index in [1.54, 1.807) is 26.4 Å². The van der Waals surface area contributed by atoms with Gasteiger partial charge in [0.25, 0.3) is 0 Å². The Labute approximate surface area is 209 Å². The minimum atomic E-state index is -0.175. The van der Waals surface area contributed by atoms with Gasteiger partial charge in [0.1, 0.15) is 17.2 Å². The monoisotopic (exact) mass is 483 g/mol. The molecule has 0 amide bonds. The number of hydrogen-bond donors (Lipinski definition) is 2. The fraction of sp³-hybridized carbons (Fsp3) is 0.143. The van der Waals surface area contributed by atoms with Gasteiger partial charge in [0.2, 0.25) is 0 Å². The van der Waals surface area contributed by atoms with E-state index in [1.807, 2.05) is 59.6 Å². The van der Waals surface area contributed by atoms with Crippen LogP contribution in [0, 0.1) is 0 Å². The second-order valence-corrected chi connectivity index (χ2v) is 8.58. The molecule has 2 N–H and O–H groups in total. The summed E-state index contributed by atoms with van der Waals surface area (Å²) in [6.07, 6.45) is 0.577. The van der Waals surface area contributed by atoms with E-state index in [0.29, 0.717) is 17.1 Å². The van der Waals surface area contributed by atoms with Crippen LogP contribution >= 0.6 is 12.2 Å². The van der Waals surface area contributed by atoms with Crippen LogP contribution in [0.3, 0.4) is 0 Å². The lowest BCUT2D eigenvalue weighted by Gasteiger charge is -2.26. The van der Waals surface area contributed by atoms with Gasteiger partial charge in [-0.25, -0.2) is 5.01 Å². The van der Waals surface area contributed by atoms with E-state index in [4.69, 9.17) is 26.8 Å². The summed E-state index contributed by atoms with van der Waals surface area (Å²) in [5.74, 6) is 1.74. The van der Waals surface area contributed by atoms with Gasteiger partial charge in [0, 0.05) is 29.1 Å². The normalized spacial score (nSPS) is 15.1. The highest BCUT2D eigenvalue weighted by Gasteiger charge is 2.33. The Bertz CT molecular complexity index is 1440. The molecule has 1 unspecified atom stereocenters. The SMILES string of the molecule is COc1cccc(NC(=S)N2N=C(c3ccccc3O)CC2c2ccc(OC)c3ccccc23)c1. The van der Waals surface area contributed by atoms with Crippen molar-refractivity contribution in [1.82, 2.24) is 5.01 Å². The van der Waals surface area contributed by atoms with E-state index >= 15 is 0 Å². The largest absolute Gasteiger partial charge is 0.507 e. The molecule has 0 saturated carbocycles. The first-order chi connectivity index (χ1) is 17.1. The van der Waals surface area contributed by atoms with Crippen molar-refractivity contribution in [3.63, 3.8) is 0 Å². The molecule has 0 radical (unpaired) electrons. The van der Waals surface area contributed by atoms with Crippen molar-refractivity contribution in [1.29, 1.82) is 0 Å². The van der Waals surface area contributed by atoms with Gasteiger partial charge in [-0.2, -0.15) is 5.10 Å². The zero-order valence-corrected chi connectivity index (χ0v) is 20.3. The molecule has 0 bridgehead atoms. The standard InChI is InChI=1S/C28H25N3O3S/c1-33-19-9-7-8-18(16-19)29-28(35)31-25(17-24(30-31)23-12-5-6-13-26(23)32)21-14-15-27(34-2)22-11-4-3-10-20(21)22/h3-16,25,32H,17H2,1-2H3,(H,29,35). The predicted octanol–water partition coefficient (Wildman–Crippen LogP) is 6.11. The number of methoxy groups -OCH3 is 2. The highest BCUT2D eigenvalue weighted by molar-refractivity contribution is 7.80. The number of hydrogen-bond acceptors (Lipinski definition) is 5. The summed E-state index contributed by atoms with van der Waals surface area (Å²) < 4.78 is 10.9. The molecule has 5 rings (SSSR count). The molecule has 1 aliphatic rings. The van der Waals surface area contributed by atoms with Gasteiger partial charge in [0.15, 0.2) is 5.11 Å². The number of nitrogens with zero attached hydrogens (tertiary/aromatic N) is 2. The van der Waals surface area contributed by atoms with Gasteiger partial charge in [-0.15, -0.1) is 0 Å². The first-order valence-corrected chi connectivity index (χ1v) is 11.7. The summed E-state index contributed by atoms with van der Waals surface area (Å²) in [7, 11) is 3.31. The zero-order valence-electron chi connectivity index (χ0n) is 19.4. The molecular formula is C28H25N3O3S. The molecule has 7 heteroatoms. The van der Waals surface area contributed by atoms with Crippen LogP contribution < -0.4 is 14.8 Å². The lowest BCUT2D eigenvalue weighted by Crippen LogP contribution is -2.31. The molecule has 6 nitrogen and oxygen atoms in total. The van der Waals surface area contributed by atoms with Gasteiger partial charge < -0.3 is 19.9 Å². The first kappa shape index (κ1) is 22.7. The van der Waals surface area contributed by atoms with Gasteiger partial charge in [-0.3, -0.25) is 0 Å². The number of anilines is 1. The number of ether oxygens (including phenoxy) is 2. The van der Waals surface area contributed by atoms with Crippen LogP contribution in [0.4, 0.5) is 5.69 Å². The van der Waals surface area contributed by atoms with Crippen LogP contribution in [-0.4, -0.2) is 35.2 Å². The molecule has 1 heterocycles. The second-order valence-electron chi connectivity index (χ2n) is 8.19. The van der Waals surface area contributed by atoms with E-state index < -0.39 is 0 Å². The molecular weight excluding hydrogens is 458 g/mol. The summed E-state index contributed by atoms with van der Waals surface area (Å²) in [5.41, 5.74) is 3.34. The van der Waals surface area contributed by atoms with Crippen LogP contribution in [0.25, 0.3) is 10.8 Å². The van der Waals surface area contributed by atoms with Crippen LogP contribution in [0.1, 0.15) is 23.6 Å². The second kappa shape index (κ2) is 9.64. The molecule has 1 aliphatic heterocycles. The number of phenolic OH excluding ortho intramolecular Hbond substituents is 1. The number of nitrogens with one attached hydrogen (secondary N) is 1. The Kier molecular flexibility index (Phi) is 6.25. The number of para-hydroxylation sites is 1. The minimum absolute atomic E-state index is 0.175. The molecule has 0 aromatic heterocycles. The molecule has 0 saturated heterocycles. The quantitative estimate of drug-likeness (QED) is 0.334. The van der Waals surface area contributed by atoms with Crippen LogP contribution in [0.2, 0.25) is 0 Å². The third-order valence-corrected chi connectivity index (χ3v) is 6.44. The molecule has 0 aliphatic carbocycles. The van der Waals surface area contributed by atoms with Crippen molar-refractivity contribution in [2.24, 2.45) is 5.10 Å². The lowest BCUT2D eigenvalue weighted by molar-refractivity contribution is 0.377. The lowest BCUT2D eigenvalue weighted by atomic mass is 9.93. The van der Waals surface area contributed by atoms with Crippen molar-refractivity contribution in [3.05, 3.63) is 96.1 Å². The summed E-state index contributed by atoms with van der Waals surface area (Å²) in [4.78, 5) is 0. The molecule has 176 valence electrons. The molecule has 1 atom stereocenters. The number of hydrazone groups is 1. The number of aromatic hydroxyl groups is 1. The van der Waals surface area contributed by atoms with Crippen molar-refractivity contribution in [2.45, 2.75) is 12.5 Å². The number of benzene rings is 4. The fourth-order valence-corrected chi connectivity index (χ4v) is 4.75. The number of phenols is 1. The summed E-state index contributed by atoms with van der Waals surface area (Å²) >= 11 is 5.84. The number of rotatable bonds is 5. The highest BCUT2D eigenvalue weighted by Crippen LogP contribution is 2.40. The zero-order chi connectivity index (χ0) is 24.4. The Balaban J connectivity index is 1.57. The minimum Gasteiger partial charge on any atom is -0.507 e. The summed E-state index contributed by atoms with van der Waals surface area (Å²) in [5, 5.41) is 23.1. The Morgan fingerprint density at radius 1 is 0.943 bits per heavy atom. The van der Waals surface area contributed by atoms with Crippen molar-refractivity contribution in [2.75, 3.05) is 19.5 Å². The van der Waals surface area contributed by atoms with Gasteiger partial charge in [0.05, 0.1) is 26.0 Å². The molecule has 0 fully saturated rings. The maximum Gasteiger partial charge on any atom is 0.194 e. The smallest absolute Gasteiger partial charge is 0.194 e. The van der Waals surface area contributed by atoms with E-state index in [1.165, 1.54) is 0 Å². The predicted molar refractivity (Wildman–Crippen MR) is 144 cm³/mol. The van der Waals surface area contributed by atoms with E-state index in [-0.39, 0.29) is 11.8 Å². The summed E-state index contributed by atoms with van der Waals surface area (Å²) in [6.45, 7) is 0. The van der Waals surface area contributed by atoms with E-state index in [9.17, 15) is 5.11 Å². The molecule has 35 heavy (non-hydrogen) atoms. The Morgan fingerprint density at radius 2 is 1.71 bits per heavy atom. The number of fused-ring (bicyclic) bond motifs is 1. The topological polar surface area (TPSA) is 66.3 Å². The van der Waals surface area contributed by atoms with Crippen LogP contribution in [-0.2, 0) is 0 Å². The third-order valence-electron chi connectivity index (χ3n) is 6.15. The molecule has 0 spiro atoms. The van der Waals surface area contributed by atoms with E-state index in [0.717, 1.165) is 39.2 Å². The average Bonchev–Trinajstić information content (AvgIpc) is 3.33. The Hall–Kier alpha value is -4.10. The number of thiocarbonyl (C=S) groups is 1. The molecule has 4 aromatic rings. The fourth-order valence-electron chi connectivity index (χ4n) is 4.47. The van der Waals surface area contributed by atoms with Crippen LogP contribution in [0.15, 0.2) is 90.0 Å². The van der Waals surface area contributed by atoms with Crippen molar-refractivity contribution >= 4 is 39.5 Å². The average molecular weight is 484 g/mol.